The summed E-state index contributed by atoms with van der Waals surface area (Å²) in [4.78, 5) is 21.0. The van der Waals surface area contributed by atoms with Gasteiger partial charge in [-0.1, -0.05) is 33.6 Å². The molecule has 1 unspecified atom stereocenters. The van der Waals surface area contributed by atoms with Crippen molar-refractivity contribution >= 4 is 39.3 Å². The lowest BCUT2D eigenvalue weighted by molar-refractivity contribution is -0.136. The molecular weight excluding hydrogens is 425 g/mol. The van der Waals surface area contributed by atoms with Crippen LogP contribution in [0.1, 0.15) is 24.2 Å². The molecule has 26 heavy (non-hydrogen) atoms. The minimum Gasteiger partial charge on any atom is -0.466 e. The molecule has 0 saturated carbocycles. The van der Waals surface area contributed by atoms with Gasteiger partial charge in [0.1, 0.15) is 17.6 Å². The number of amidine groups is 1. The first-order valence-electron chi connectivity index (χ1n) is 7.62. The Morgan fingerprint density at radius 3 is 2.81 bits per heavy atom. The Morgan fingerprint density at radius 2 is 2.15 bits per heavy atom. The standard InChI is InChI=1S/C18H14BrClFN3O2/c1-9-14(18(25)26-2)15(11-6-5-10(19)8-13(11)21)24-17(23-9)16-12(20)4-3-7-22-16/h3-8,15H,1-2H3,(H,23,24). The second kappa shape index (κ2) is 7.55. The number of halogens is 3. The van der Waals surface area contributed by atoms with Crippen LogP contribution < -0.4 is 5.32 Å². The summed E-state index contributed by atoms with van der Waals surface area (Å²) in [6, 6.07) is 7.08. The van der Waals surface area contributed by atoms with Gasteiger partial charge in [0.05, 0.1) is 17.7 Å². The Balaban J connectivity index is 2.17. The lowest BCUT2D eigenvalue weighted by Gasteiger charge is -2.26. The van der Waals surface area contributed by atoms with Gasteiger partial charge in [0.25, 0.3) is 0 Å². The molecule has 134 valence electrons. The van der Waals surface area contributed by atoms with E-state index in [1.807, 2.05) is 0 Å². The number of carbonyl (C=O) groups is 1. The zero-order valence-electron chi connectivity index (χ0n) is 13.9. The van der Waals surface area contributed by atoms with E-state index in [0.29, 0.717) is 26.7 Å². The predicted octanol–water partition coefficient (Wildman–Crippen LogP) is 4.17. The van der Waals surface area contributed by atoms with Gasteiger partial charge in [0.2, 0.25) is 0 Å². The van der Waals surface area contributed by atoms with Gasteiger partial charge < -0.3 is 10.1 Å². The topological polar surface area (TPSA) is 63.6 Å². The Kier molecular flexibility index (Phi) is 5.38. The third kappa shape index (κ3) is 3.50. The molecule has 1 aromatic heterocycles. The highest BCUT2D eigenvalue weighted by Crippen LogP contribution is 2.34. The number of methoxy groups -OCH3 is 1. The third-order valence-corrected chi connectivity index (χ3v) is 4.68. The van der Waals surface area contributed by atoms with Crippen LogP contribution in [-0.4, -0.2) is 23.9 Å². The van der Waals surface area contributed by atoms with Gasteiger partial charge in [-0.2, -0.15) is 0 Å². The average Bonchev–Trinajstić information content (AvgIpc) is 2.61. The number of hydrogen-bond donors (Lipinski definition) is 1. The number of allylic oxidation sites excluding steroid dienone is 1. The fourth-order valence-corrected chi connectivity index (χ4v) is 3.22. The zero-order valence-corrected chi connectivity index (χ0v) is 16.2. The molecule has 0 fully saturated rings. The number of aliphatic imine (C=N–C) groups is 1. The molecule has 3 rings (SSSR count). The summed E-state index contributed by atoms with van der Waals surface area (Å²) >= 11 is 9.43. The molecule has 1 aromatic carbocycles. The van der Waals surface area contributed by atoms with Crippen molar-refractivity contribution in [2.75, 3.05) is 7.11 Å². The highest BCUT2D eigenvalue weighted by Gasteiger charge is 2.32. The largest absolute Gasteiger partial charge is 0.466 e. The maximum absolute atomic E-state index is 14.6. The maximum Gasteiger partial charge on any atom is 0.338 e. The summed E-state index contributed by atoms with van der Waals surface area (Å²) in [6.45, 7) is 1.70. The summed E-state index contributed by atoms with van der Waals surface area (Å²) in [5.74, 6) is -0.721. The van der Waals surface area contributed by atoms with Crippen molar-refractivity contribution in [2.45, 2.75) is 13.0 Å². The molecule has 1 aliphatic heterocycles. The van der Waals surface area contributed by atoms with Crippen molar-refractivity contribution in [3.8, 4) is 0 Å². The second-order valence-corrected chi connectivity index (χ2v) is 6.86. The maximum atomic E-state index is 14.6. The van der Waals surface area contributed by atoms with Gasteiger partial charge in [-0.15, -0.1) is 0 Å². The van der Waals surface area contributed by atoms with Crippen LogP contribution in [0.15, 0.2) is 57.3 Å². The monoisotopic (exact) mass is 437 g/mol. The Labute approximate surface area is 163 Å². The molecule has 0 saturated heterocycles. The van der Waals surface area contributed by atoms with Gasteiger partial charge in [-0.3, -0.25) is 9.98 Å². The van der Waals surface area contributed by atoms with Gasteiger partial charge in [0.15, 0.2) is 5.84 Å². The number of benzene rings is 1. The minimum absolute atomic E-state index is 0.226. The van der Waals surface area contributed by atoms with Crippen LogP contribution in [0.4, 0.5) is 4.39 Å². The van der Waals surface area contributed by atoms with E-state index >= 15 is 0 Å². The average molecular weight is 439 g/mol. The molecule has 0 aliphatic carbocycles. The van der Waals surface area contributed by atoms with Gasteiger partial charge in [-0.25, -0.2) is 9.18 Å². The quantitative estimate of drug-likeness (QED) is 0.731. The predicted molar refractivity (Wildman–Crippen MR) is 100 cm³/mol. The Morgan fingerprint density at radius 1 is 1.38 bits per heavy atom. The van der Waals surface area contributed by atoms with Gasteiger partial charge in [-0.05, 0) is 31.2 Å². The number of nitrogens with zero attached hydrogens (tertiary/aromatic N) is 2. The number of pyridine rings is 1. The summed E-state index contributed by atoms with van der Waals surface area (Å²) in [5.41, 5.74) is 1.39. The van der Waals surface area contributed by atoms with Crippen LogP contribution in [0, 0.1) is 5.82 Å². The van der Waals surface area contributed by atoms with Crippen LogP contribution in [0.25, 0.3) is 0 Å². The number of aromatic nitrogens is 1. The van der Waals surface area contributed by atoms with Crippen molar-refractivity contribution < 1.29 is 13.9 Å². The van der Waals surface area contributed by atoms with Gasteiger partial charge >= 0.3 is 5.97 Å². The van der Waals surface area contributed by atoms with E-state index in [0.717, 1.165) is 0 Å². The molecule has 0 radical (unpaired) electrons. The van der Waals surface area contributed by atoms with Crippen LogP contribution in [0.3, 0.4) is 0 Å². The molecule has 0 spiro atoms. The van der Waals surface area contributed by atoms with E-state index in [2.05, 4.69) is 31.2 Å². The fraction of sp³-hybridized carbons (Fsp3) is 0.167. The van der Waals surface area contributed by atoms with Crippen LogP contribution >= 0.6 is 27.5 Å². The third-order valence-electron chi connectivity index (χ3n) is 3.89. The van der Waals surface area contributed by atoms with Gasteiger partial charge in [0, 0.05) is 21.9 Å². The molecule has 1 N–H and O–H groups in total. The van der Waals surface area contributed by atoms with Crippen molar-refractivity contribution in [2.24, 2.45) is 4.99 Å². The molecule has 1 atom stereocenters. The van der Waals surface area contributed by atoms with E-state index in [4.69, 9.17) is 16.3 Å². The smallest absolute Gasteiger partial charge is 0.338 e. The van der Waals surface area contributed by atoms with Crippen LogP contribution in [-0.2, 0) is 9.53 Å². The number of esters is 1. The first-order chi connectivity index (χ1) is 12.4. The van der Waals surface area contributed by atoms with Crippen molar-refractivity contribution in [3.05, 3.63) is 74.4 Å². The van der Waals surface area contributed by atoms with E-state index in [1.54, 1.807) is 37.4 Å². The number of ether oxygens (including phenoxy) is 1. The summed E-state index contributed by atoms with van der Waals surface area (Å²) in [6.07, 6.45) is 1.58. The van der Waals surface area contributed by atoms with Crippen LogP contribution in [0.2, 0.25) is 5.02 Å². The molecule has 0 bridgehead atoms. The SMILES string of the molecule is COC(=O)C1=C(C)NC(c2ncccc2Cl)=NC1c1ccc(Br)cc1F. The van der Waals surface area contributed by atoms with Crippen molar-refractivity contribution in [1.82, 2.24) is 10.3 Å². The van der Waals surface area contributed by atoms with E-state index in [-0.39, 0.29) is 11.1 Å². The minimum atomic E-state index is -0.884. The molecule has 0 amide bonds. The van der Waals surface area contributed by atoms with E-state index in [1.165, 1.54) is 13.2 Å². The molecule has 8 heteroatoms. The first kappa shape index (κ1) is 18.5. The second-order valence-electron chi connectivity index (χ2n) is 5.54. The van der Waals surface area contributed by atoms with Crippen molar-refractivity contribution in [3.63, 3.8) is 0 Å². The van der Waals surface area contributed by atoms with Crippen LogP contribution in [0.5, 0.6) is 0 Å². The molecule has 1 aliphatic rings. The molecule has 2 heterocycles. The number of hydrogen-bond acceptors (Lipinski definition) is 5. The highest BCUT2D eigenvalue weighted by molar-refractivity contribution is 9.10. The Bertz CT molecular complexity index is 946. The first-order valence-corrected chi connectivity index (χ1v) is 8.79. The van der Waals surface area contributed by atoms with E-state index in [9.17, 15) is 9.18 Å². The Hall–Kier alpha value is -2.25. The molecule has 2 aromatic rings. The highest BCUT2D eigenvalue weighted by atomic mass is 79.9. The summed E-state index contributed by atoms with van der Waals surface area (Å²) in [5, 5.41) is 3.41. The normalized spacial score (nSPS) is 16.8. The molecule has 5 nitrogen and oxygen atoms in total. The van der Waals surface area contributed by atoms with Crippen molar-refractivity contribution in [1.29, 1.82) is 0 Å². The van der Waals surface area contributed by atoms with E-state index < -0.39 is 17.8 Å². The fourth-order valence-electron chi connectivity index (χ4n) is 2.68. The summed E-state index contributed by atoms with van der Waals surface area (Å²) in [7, 11) is 1.27. The lowest BCUT2D eigenvalue weighted by Crippen LogP contribution is -2.33. The lowest BCUT2D eigenvalue weighted by atomic mass is 9.95. The number of nitrogens with one attached hydrogen (secondary N) is 1. The molecular formula is C18H14BrClFN3O2. The zero-order chi connectivity index (χ0) is 18.8. The number of rotatable bonds is 3. The number of carbonyl (C=O) groups excluding carboxylic acids is 1. The summed E-state index contributed by atoms with van der Waals surface area (Å²) < 4.78 is 20.0.